The van der Waals surface area contributed by atoms with E-state index in [2.05, 4.69) is 10.6 Å². The molecular weight excluding hydrogens is 238 g/mol. The van der Waals surface area contributed by atoms with Crippen molar-refractivity contribution in [1.29, 1.82) is 0 Å². The van der Waals surface area contributed by atoms with Crippen LogP contribution in [0.15, 0.2) is 18.2 Å². The molecule has 1 rings (SSSR count). The lowest BCUT2D eigenvalue weighted by molar-refractivity contribution is -0.120. The van der Waals surface area contributed by atoms with Gasteiger partial charge in [-0.3, -0.25) is 4.79 Å². The highest BCUT2D eigenvalue weighted by Gasteiger charge is 2.02. The van der Waals surface area contributed by atoms with Crippen LogP contribution in [-0.2, 0) is 4.79 Å². The Balaban J connectivity index is 2.33. The molecule has 0 aliphatic heterocycles. The van der Waals surface area contributed by atoms with Crippen LogP contribution in [0.25, 0.3) is 0 Å². The minimum Gasteiger partial charge on any atom is -0.399 e. The number of hydrogen-bond acceptors (Lipinski definition) is 3. The summed E-state index contributed by atoms with van der Waals surface area (Å²) in [6.45, 7) is 3.30. The van der Waals surface area contributed by atoms with Crippen LogP contribution in [0.1, 0.15) is 19.8 Å². The van der Waals surface area contributed by atoms with Crippen molar-refractivity contribution in [2.75, 3.05) is 24.1 Å². The Hall–Kier alpha value is -1.42. The SMILES string of the molecule is CCCNC(=O)CCNc1ccc(N)cc1Cl. The van der Waals surface area contributed by atoms with Crippen LogP contribution in [0.2, 0.25) is 5.02 Å². The van der Waals surface area contributed by atoms with Crippen LogP contribution >= 0.6 is 11.6 Å². The van der Waals surface area contributed by atoms with Gasteiger partial charge in [0, 0.05) is 25.2 Å². The first-order chi connectivity index (χ1) is 8.13. The van der Waals surface area contributed by atoms with Crippen molar-refractivity contribution in [3.63, 3.8) is 0 Å². The number of rotatable bonds is 6. The molecule has 0 radical (unpaired) electrons. The topological polar surface area (TPSA) is 67.2 Å². The maximum Gasteiger partial charge on any atom is 0.221 e. The van der Waals surface area contributed by atoms with Gasteiger partial charge < -0.3 is 16.4 Å². The summed E-state index contributed by atoms with van der Waals surface area (Å²) in [4.78, 5) is 11.3. The number of carbonyl (C=O) groups excluding carboxylic acids is 1. The molecule has 0 heterocycles. The minimum absolute atomic E-state index is 0.0471. The number of amides is 1. The molecule has 5 heteroatoms. The lowest BCUT2D eigenvalue weighted by atomic mass is 10.2. The van der Waals surface area contributed by atoms with Crippen molar-refractivity contribution >= 4 is 28.9 Å². The molecular formula is C12H18ClN3O. The zero-order valence-corrected chi connectivity index (χ0v) is 10.7. The standard InChI is InChI=1S/C12H18ClN3O/c1-2-6-16-12(17)5-7-15-11-4-3-9(14)8-10(11)13/h3-4,8,15H,2,5-7,14H2,1H3,(H,16,17). The zero-order valence-electron chi connectivity index (χ0n) is 9.92. The van der Waals surface area contributed by atoms with Crippen molar-refractivity contribution in [3.05, 3.63) is 23.2 Å². The van der Waals surface area contributed by atoms with Crippen LogP contribution in [0, 0.1) is 0 Å². The van der Waals surface area contributed by atoms with Gasteiger partial charge in [0.25, 0.3) is 0 Å². The molecule has 94 valence electrons. The average Bonchev–Trinajstić information content (AvgIpc) is 2.29. The first kappa shape index (κ1) is 13.6. The molecule has 0 atom stereocenters. The number of halogens is 1. The number of anilines is 2. The predicted molar refractivity (Wildman–Crippen MR) is 72.3 cm³/mol. The second-order valence-corrected chi connectivity index (χ2v) is 4.17. The van der Waals surface area contributed by atoms with Crippen molar-refractivity contribution in [2.24, 2.45) is 0 Å². The Morgan fingerprint density at radius 2 is 2.18 bits per heavy atom. The summed E-state index contributed by atoms with van der Waals surface area (Å²) in [6.07, 6.45) is 1.38. The summed E-state index contributed by atoms with van der Waals surface area (Å²) in [6, 6.07) is 5.26. The van der Waals surface area contributed by atoms with E-state index >= 15 is 0 Å². The van der Waals surface area contributed by atoms with Crippen molar-refractivity contribution in [2.45, 2.75) is 19.8 Å². The molecule has 0 bridgehead atoms. The maximum atomic E-state index is 11.3. The summed E-state index contributed by atoms with van der Waals surface area (Å²) in [5.41, 5.74) is 7.00. The second-order valence-electron chi connectivity index (χ2n) is 3.77. The van der Waals surface area contributed by atoms with E-state index in [9.17, 15) is 4.79 Å². The smallest absolute Gasteiger partial charge is 0.221 e. The Kier molecular flexibility index (Phi) is 5.63. The molecule has 1 aromatic rings. The highest BCUT2D eigenvalue weighted by Crippen LogP contribution is 2.23. The molecule has 4 nitrogen and oxygen atoms in total. The van der Waals surface area contributed by atoms with Gasteiger partial charge in [-0.05, 0) is 24.6 Å². The lowest BCUT2D eigenvalue weighted by Gasteiger charge is -2.09. The number of carbonyl (C=O) groups is 1. The molecule has 0 unspecified atom stereocenters. The van der Waals surface area contributed by atoms with Crippen molar-refractivity contribution in [1.82, 2.24) is 5.32 Å². The third kappa shape index (κ3) is 4.95. The van der Waals surface area contributed by atoms with Crippen molar-refractivity contribution in [3.8, 4) is 0 Å². The van der Waals surface area contributed by atoms with Crippen LogP contribution in [0.5, 0.6) is 0 Å². The van der Waals surface area contributed by atoms with E-state index in [1.54, 1.807) is 12.1 Å². The van der Waals surface area contributed by atoms with Crippen LogP contribution in [0.3, 0.4) is 0 Å². The number of hydrogen-bond donors (Lipinski definition) is 3. The van der Waals surface area contributed by atoms with E-state index in [1.165, 1.54) is 0 Å². The zero-order chi connectivity index (χ0) is 12.7. The number of benzene rings is 1. The van der Waals surface area contributed by atoms with Gasteiger partial charge in [0.1, 0.15) is 0 Å². The lowest BCUT2D eigenvalue weighted by Crippen LogP contribution is -2.25. The maximum absolute atomic E-state index is 11.3. The van der Waals surface area contributed by atoms with Gasteiger partial charge in [0.15, 0.2) is 0 Å². The molecule has 0 saturated heterocycles. The highest BCUT2D eigenvalue weighted by atomic mass is 35.5. The van der Waals surface area contributed by atoms with Gasteiger partial charge in [-0.1, -0.05) is 18.5 Å². The van der Waals surface area contributed by atoms with Gasteiger partial charge in [-0.15, -0.1) is 0 Å². The van der Waals surface area contributed by atoms with E-state index in [1.807, 2.05) is 13.0 Å². The molecule has 4 N–H and O–H groups in total. The normalized spacial score (nSPS) is 10.0. The molecule has 17 heavy (non-hydrogen) atoms. The quantitative estimate of drug-likeness (QED) is 0.683. The molecule has 1 amide bonds. The highest BCUT2D eigenvalue weighted by molar-refractivity contribution is 6.33. The van der Waals surface area contributed by atoms with Crippen molar-refractivity contribution < 1.29 is 4.79 Å². The van der Waals surface area contributed by atoms with Gasteiger partial charge in [0.2, 0.25) is 5.91 Å². The van der Waals surface area contributed by atoms with E-state index < -0.39 is 0 Å². The van der Waals surface area contributed by atoms with Gasteiger partial charge >= 0.3 is 0 Å². The molecule has 0 aromatic heterocycles. The predicted octanol–water partition coefficient (Wildman–Crippen LogP) is 2.25. The fraction of sp³-hybridized carbons (Fsp3) is 0.417. The van der Waals surface area contributed by atoms with E-state index in [0.29, 0.717) is 23.7 Å². The molecule has 0 fully saturated rings. The number of nitrogens with one attached hydrogen (secondary N) is 2. The van der Waals surface area contributed by atoms with Gasteiger partial charge in [-0.25, -0.2) is 0 Å². The first-order valence-electron chi connectivity index (χ1n) is 5.69. The summed E-state index contributed by atoms with van der Waals surface area (Å²) in [5, 5.41) is 6.48. The van der Waals surface area contributed by atoms with Gasteiger partial charge in [-0.2, -0.15) is 0 Å². The Labute approximate surface area is 107 Å². The number of nitrogens with two attached hydrogens (primary N) is 1. The van der Waals surface area contributed by atoms with Crippen LogP contribution < -0.4 is 16.4 Å². The second kappa shape index (κ2) is 7.01. The molecule has 0 aliphatic rings. The third-order valence-electron chi connectivity index (χ3n) is 2.23. The Morgan fingerprint density at radius 1 is 1.41 bits per heavy atom. The van der Waals surface area contributed by atoms with E-state index in [4.69, 9.17) is 17.3 Å². The van der Waals surface area contributed by atoms with E-state index in [-0.39, 0.29) is 5.91 Å². The summed E-state index contributed by atoms with van der Waals surface area (Å²) >= 11 is 5.99. The molecule has 1 aromatic carbocycles. The summed E-state index contributed by atoms with van der Waals surface area (Å²) < 4.78 is 0. The fourth-order valence-electron chi connectivity index (χ4n) is 1.34. The summed E-state index contributed by atoms with van der Waals surface area (Å²) in [7, 11) is 0. The van der Waals surface area contributed by atoms with Crippen LogP contribution in [-0.4, -0.2) is 19.0 Å². The van der Waals surface area contributed by atoms with Crippen LogP contribution in [0.4, 0.5) is 11.4 Å². The monoisotopic (exact) mass is 255 g/mol. The Bertz CT molecular complexity index is 382. The average molecular weight is 256 g/mol. The van der Waals surface area contributed by atoms with E-state index in [0.717, 1.165) is 18.7 Å². The summed E-state index contributed by atoms with van der Waals surface area (Å²) in [5.74, 6) is 0.0471. The third-order valence-corrected chi connectivity index (χ3v) is 2.55. The molecule has 0 aliphatic carbocycles. The largest absolute Gasteiger partial charge is 0.399 e. The Morgan fingerprint density at radius 3 is 2.82 bits per heavy atom. The molecule has 0 spiro atoms. The molecule has 0 saturated carbocycles. The minimum atomic E-state index is 0.0471. The first-order valence-corrected chi connectivity index (χ1v) is 6.07. The number of nitrogen functional groups attached to an aromatic ring is 1. The van der Waals surface area contributed by atoms with Gasteiger partial charge in [0.05, 0.1) is 10.7 Å². The fourth-order valence-corrected chi connectivity index (χ4v) is 1.59.